The Hall–Kier alpha value is -2.34. The van der Waals surface area contributed by atoms with Crippen LogP contribution in [0.25, 0.3) is 10.9 Å². The highest BCUT2D eigenvalue weighted by Crippen LogP contribution is 2.23. The van der Waals surface area contributed by atoms with Crippen molar-refractivity contribution in [3.05, 3.63) is 71.7 Å². The third-order valence-electron chi connectivity index (χ3n) is 4.59. The molecule has 0 radical (unpaired) electrons. The number of aromatic nitrogens is 2. The van der Waals surface area contributed by atoms with E-state index < -0.39 is 6.23 Å². The van der Waals surface area contributed by atoms with Gasteiger partial charge in [-0.05, 0) is 48.7 Å². The Morgan fingerprint density at radius 3 is 2.61 bits per heavy atom. The van der Waals surface area contributed by atoms with Crippen LogP contribution in [0, 0.1) is 0 Å². The quantitative estimate of drug-likeness (QED) is 0.386. The van der Waals surface area contributed by atoms with Crippen LogP contribution in [0.15, 0.2) is 54.9 Å². The number of pyridine rings is 2. The lowest BCUT2D eigenvalue weighted by molar-refractivity contribution is 0.134. The fraction of sp³-hybridized carbons (Fsp3) is 0.391. The summed E-state index contributed by atoms with van der Waals surface area (Å²) in [7, 11) is 1.00. The number of aliphatic hydroxyl groups is 2. The van der Waals surface area contributed by atoms with E-state index in [9.17, 15) is 5.11 Å². The van der Waals surface area contributed by atoms with Gasteiger partial charge in [-0.15, -0.1) is 0 Å². The second-order valence-electron chi connectivity index (χ2n) is 6.68. The van der Waals surface area contributed by atoms with Crippen molar-refractivity contribution in [2.45, 2.75) is 45.3 Å². The molecule has 2 aromatic heterocycles. The SMILES string of the molecule is CCCCCCNC(O)c1cc(Cc2cccnc2)c2ccccc2n1.CO. The van der Waals surface area contributed by atoms with Gasteiger partial charge in [-0.25, -0.2) is 4.98 Å². The molecular weight excluding hydrogens is 350 g/mol. The van der Waals surface area contributed by atoms with Crippen molar-refractivity contribution in [1.29, 1.82) is 0 Å². The molecule has 3 aromatic rings. The Bertz CT molecular complexity index is 824. The van der Waals surface area contributed by atoms with Gasteiger partial charge in [-0.3, -0.25) is 10.3 Å². The Morgan fingerprint density at radius 2 is 1.86 bits per heavy atom. The minimum atomic E-state index is -0.742. The fourth-order valence-electron chi connectivity index (χ4n) is 3.17. The molecule has 1 aromatic carbocycles. The van der Waals surface area contributed by atoms with E-state index in [1.54, 1.807) is 6.20 Å². The first-order chi connectivity index (χ1) is 13.8. The number of hydrogen-bond acceptors (Lipinski definition) is 5. The Kier molecular flexibility index (Phi) is 9.55. The summed E-state index contributed by atoms with van der Waals surface area (Å²) in [6.45, 7) is 3.00. The monoisotopic (exact) mass is 381 g/mol. The summed E-state index contributed by atoms with van der Waals surface area (Å²) in [5.74, 6) is 0. The van der Waals surface area contributed by atoms with Crippen LogP contribution in [0.2, 0.25) is 0 Å². The van der Waals surface area contributed by atoms with Crippen LogP contribution in [-0.4, -0.2) is 33.8 Å². The molecule has 5 heteroatoms. The molecule has 0 bridgehead atoms. The molecule has 28 heavy (non-hydrogen) atoms. The molecule has 0 saturated heterocycles. The van der Waals surface area contributed by atoms with Crippen molar-refractivity contribution in [3.8, 4) is 0 Å². The van der Waals surface area contributed by atoms with E-state index in [1.807, 2.05) is 36.5 Å². The molecule has 2 heterocycles. The standard InChI is InChI=1S/C22H27N3O.CH4O/c1-2-3-4-7-13-24-22(26)21-15-18(14-17-9-8-12-23-16-17)19-10-5-6-11-20(19)25-21;1-2/h5-6,8-12,15-16,22,24,26H,2-4,7,13-14H2,1H3;2H,1H3. The summed E-state index contributed by atoms with van der Waals surface area (Å²) in [6, 6.07) is 14.1. The number of rotatable bonds is 9. The van der Waals surface area contributed by atoms with Gasteiger partial charge in [0.05, 0.1) is 11.2 Å². The number of unbranched alkanes of at least 4 members (excludes halogenated alkanes) is 3. The molecule has 1 unspecified atom stereocenters. The van der Waals surface area contributed by atoms with Gasteiger partial charge in [0, 0.05) is 24.9 Å². The number of para-hydroxylation sites is 1. The van der Waals surface area contributed by atoms with Gasteiger partial charge < -0.3 is 10.2 Å². The third-order valence-corrected chi connectivity index (χ3v) is 4.59. The summed E-state index contributed by atoms with van der Waals surface area (Å²) in [5.41, 5.74) is 3.90. The largest absolute Gasteiger partial charge is 0.400 e. The number of aliphatic hydroxyl groups excluding tert-OH is 2. The van der Waals surface area contributed by atoms with Crippen LogP contribution < -0.4 is 5.32 Å². The van der Waals surface area contributed by atoms with Crippen molar-refractivity contribution in [1.82, 2.24) is 15.3 Å². The molecule has 0 saturated carbocycles. The van der Waals surface area contributed by atoms with Gasteiger partial charge in [0.1, 0.15) is 6.23 Å². The minimum absolute atomic E-state index is 0.679. The van der Waals surface area contributed by atoms with Gasteiger partial charge in [-0.1, -0.05) is 50.5 Å². The van der Waals surface area contributed by atoms with Crippen LogP contribution in [0.3, 0.4) is 0 Å². The molecule has 150 valence electrons. The molecule has 5 nitrogen and oxygen atoms in total. The highest BCUT2D eigenvalue weighted by Gasteiger charge is 2.13. The second kappa shape index (κ2) is 12.2. The smallest absolute Gasteiger partial charge is 0.148 e. The molecule has 3 N–H and O–H groups in total. The number of nitrogens with zero attached hydrogens (tertiary/aromatic N) is 2. The molecule has 3 rings (SSSR count). The third kappa shape index (κ3) is 6.37. The minimum Gasteiger partial charge on any atom is -0.400 e. The lowest BCUT2D eigenvalue weighted by Crippen LogP contribution is -2.23. The molecule has 0 spiro atoms. The predicted octanol–water partition coefficient (Wildman–Crippen LogP) is 3.99. The van der Waals surface area contributed by atoms with Gasteiger partial charge in [0.15, 0.2) is 0 Å². The zero-order valence-electron chi connectivity index (χ0n) is 16.8. The first kappa shape index (κ1) is 22.0. The van der Waals surface area contributed by atoms with E-state index in [-0.39, 0.29) is 0 Å². The first-order valence-electron chi connectivity index (χ1n) is 9.91. The van der Waals surface area contributed by atoms with E-state index in [2.05, 4.69) is 34.3 Å². The average molecular weight is 382 g/mol. The maximum Gasteiger partial charge on any atom is 0.148 e. The van der Waals surface area contributed by atoms with Crippen LogP contribution in [0.5, 0.6) is 0 Å². The van der Waals surface area contributed by atoms with Gasteiger partial charge in [0.25, 0.3) is 0 Å². The summed E-state index contributed by atoms with van der Waals surface area (Å²) in [5, 5.41) is 21.9. The van der Waals surface area contributed by atoms with Crippen molar-refractivity contribution >= 4 is 10.9 Å². The molecule has 0 aliphatic rings. The Balaban J connectivity index is 0.00000136. The predicted molar refractivity (Wildman–Crippen MR) is 114 cm³/mol. The summed E-state index contributed by atoms with van der Waals surface area (Å²) in [6.07, 6.45) is 8.41. The molecule has 0 amide bonds. The summed E-state index contributed by atoms with van der Waals surface area (Å²) < 4.78 is 0. The second-order valence-corrected chi connectivity index (χ2v) is 6.68. The van der Waals surface area contributed by atoms with Gasteiger partial charge >= 0.3 is 0 Å². The zero-order valence-corrected chi connectivity index (χ0v) is 16.8. The molecule has 0 aliphatic heterocycles. The topological polar surface area (TPSA) is 78.3 Å². The van der Waals surface area contributed by atoms with Crippen LogP contribution in [-0.2, 0) is 6.42 Å². The van der Waals surface area contributed by atoms with E-state index in [0.29, 0.717) is 5.69 Å². The summed E-state index contributed by atoms with van der Waals surface area (Å²) in [4.78, 5) is 8.87. The number of benzene rings is 1. The molecule has 1 atom stereocenters. The highest BCUT2D eigenvalue weighted by atomic mass is 16.3. The number of hydrogen-bond donors (Lipinski definition) is 3. The van der Waals surface area contributed by atoms with E-state index in [1.165, 1.54) is 19.3 Å². The Labute approximate surface area is 167 Å². The normalized spacial score (nSPS) is 11.7. The number of nitrogens with one attached hydrogen (secondary N) is 1. The van der Waals surface area contributed by atoms with Crippen LogP contribution in [0.1, 0.15) is 55.7 Å². The maximum absolute atomic E-state index is 10.5. The number of fused-ring (bicyclic) bond motifs is 1. The van der Waals surface area contributed by atoms with Crippen molar-refractivity contribution in [2.24, 2.45) is 0 Å². The molecular formula is C23H31N3O2. The van der Waals surface area contributed by atoms with Crippen molar-refractivity contribution in [2.75, 3.05) is 13.7 Å². The average Bonchev–Trinajstić information content (AvgIpc) is 2.75. The van der Waals surface area contributed by atoms with E-state index in [0.717, 1.165) is 48.5 Å². The van der Waals surface area contributed by atoms with E-state index in [4.69, 9.17) is 5.11 Å². The fourth-order valence-corrected chi connectivity index (χ4v) is 3.17. The van der Waals surface area contributed by atoms with Crippen LogP contribution >= 0.6 is 0 Å². The first-order valence-corrected chi connectivity index (χ1v) is 9.91. The van der Waals surface area contributed by atoms with Crippen molar-refractivity contribution < 1.29 is 10.2 Å². The van der Waals surface area contributed by atoms with Gasteiger partial charge in [-0.2, -0.15) is 0 Å². The Morgan fingerprint density at radius 1 is 1.04 bits per heavy atom. The summed E-state index contributed by atoms with van der Waals surface area (Å²) >= 11 is 0. The molecule has 0 fully saturated rings. The maximum atomic E-state index is 10.5. The lowest BCUT2D eigenvalue weighted by atomic mass is 10.0. The van der Waals surface area contributed by atoms with Crippen molar-refractivity contribution in [3.63, 3.8) is 0 Å². The van der Waals surface area contributed by atoms with Crippen LogP contribution in [0.4, 0.5) is 0 Å². The van der Waals surface area contributed by atoms with Gasteiger partial charge in [0.2, 0.25) is 0 Å². The van der Waals surface area contributed by atoms with E-state index >= 15 is 0 Å². The molecule has 0 aliphatic carbocycles. The zero-order chi connectivity index (χ0) is 20.2. The lowest BCUT2D eigenvalue weighted by Gasteiger charge is -2.15. The highest BCUT2D eigenvalue weighted by molar-refractivity contribution is 5.82.